The Kier molecular flexibility index (Phi) is 5.24. The van der Waals surface area contributed by atoms with E-state index in [-0.39, 0.29) is 22.9 Å². The minimum Gasteiger partial charge on any atom is -0.353 e. The van der Waals surface area contributed by atoms with Gasteiger partial charge in [0.2, 0.25) is 5.91 Å². The molecule has 2 fully saturated rings. The average Bonchev–Trinajstić information content (AvgIpc) is 3.12. The molecule has 1 aromatic heterocycles. The van der Waals surface area contributed by atoms with Crippen molar-refractivity contribution in [3.8, 4) is 0 Å². The summed E-state index contributed by atoms with van der Waals surface area (Å²) >= 11 is 0. The van der Waals surface area contributed by atoms with Gasteiger partial charge < -0.3 is 10.3 Å². The number of nitrogens with zero attached hydrogens (tertiary/aromatic N) is 2. The summed E-state index contributed by atoms with van der Waals surface area (Å²) in [5, 5.41) is 3.31. The molecule has 0 radical (unpaired) electrons. The van der Waals surface area contributed by atoms with Crippen molar-refractivity contribution in [1.29, 1.82) is 0 Å². The summed E-state index contributed by atoms with van der Waals surface area (Å²) < 4.78 is 26.3. The Balaban J connectivity index is 1.54. The van der Waals surface area contributed by atoms with Crippen LogP contribution in [-0.2, 0) is 14.8 Å². The predicted octanol–water partition coefficient (Wildman–Crippen LogP) is 1.51. The number of nitrogens with one attached hydrogen (secondary N) is 2. The quantitative estimate of drug-likeness (QED) is 0.857. The second-order valence-corrected chi connectivity index (χ2v) is 8.88. The fourth-order valence-electron chi connectivity index (χ4n) is 3.71. The standard InChI is InChI=1S/C16H26N4O3S/c1-12-4-2-3-5-14(12)19-16(21)13-6-8-20(9-7-13)24(22,23)15-10-17-11-18-15/h10-14H,2-9H2,1H3,(H,17,18)(H,19,21). The number of imidazole rings is 1. The van der Waals surface area contributed by atoms with Gasteiger partial charge in [0.15, 0.2) is 5.03 Å². The van der Waals surface area contributed by atoms with Crippen molar-refractivity contribution >= 4 is 15.9 Å². The Morgan fingerprint density at radius 1 is 1.25 bits per heavy atom. The maximum Gasteiger partial charge on any atom is 0.260 e. The zero-order valence-corrected chi connectivity index (χ0v) is 14.9. The van der Waals surface area contributed by atoms with Gasteiger partial charge in [-0.3, -0.25) is 4.79 Å². The Morgan fingerprint density at radius 2 is 1.96 bits per heavy atom. The molecule has 0 aromatic carbocycles. The van der Waals surface area contributed by atoms with Gasteiger partial charge in [0, 0.05) is 25.0 Å². The van der Waals surface area contributed by atoms with Gasteiger partial charge in [-0.05, 0) is 31.6 Å². The highest BCUT2D eigenvalue weighted by molar-refractivity contribution is 7.89. The maximum absolute atomic E-state index is 12.5. The first kappa shape index (κ1) is 17.4. The predicted molar refractivity (Wildman–Crippen MR) is 89.6 cm³/mol. The molecule has 8 heteroatoms. The lowest BCUT2D eigenvalue weighted by molar-refractivity contribution is -0.127. The molecule has 1 amide bonds. The normalized spacial score (nSPS) is 27.0. The second kappa shape index (κ2) is 7.23. The zero-order valence-electron chi connectivity index (χ0n) is 14.1. The molecule has 2 atom stereocenters. The number of sulfonamides is 1. The molecule has 2 unspecified atom stereocenters. The van der Waals surface area contributed by atoms with Crippen LogP contribution in [0.2, 0.25) is 0 Å². The number of H-pyrrole nitrogens is 1. The van der Waals surface area contributed by atoms with E-state index in [0.717, 1.165) is 6.42 Å². The van der Waals surface area contributed by atoms with E-state index in [1.54, 1.807) is 0 Å². The summed E-state index contributed by atoms with van der Waals surface area (Å²) in [5.41, 5.74) is 0. The lowest BCUT2D eigenvalue weighted by Gasteiger charge is -2.33. The maximum atomic E-state index is 12.5. The van der Waals surface area contributed by atoms with Gasteiger partial charge in [-0.1, -0.05) is 19.8 Å². The number of hydrogen-bond acceptors (Lipinski definition) is 4. The van der Waals surface area contributed by atoms with Gasteiger partial charge in [-0.15, -0.1) is 0 Å². The van der Waals surface area contributed by atoms with Crippen LogP contribution < -0.4 is 5.32 Å². The van der Waals surface area contributed by atoms with E-state index in [0.29, 0.717) is 31.8 Å². The molecule has 1 saturated heterocycles. The van der Waals surface area contributed by atoms with Crippen molar-refractivity contribution in [3.05, 3.63) is 12.5 Å². The molecule has 2 heterocycles. The van der Waals surface area contributed by atoms with Crippen LogP contribution in [0.3, 0.4) is 0 Å². The van der Waals surface area contributed by atoms with Crippen molar-refractivity contribution in [2.45, 2.75) is 56.5 Å². The third kappa shape index (κ3) is 3.64. The van der Waals surface area contributed by atoms with Crippen molar-refractivity contribution in [2.75, 3.05) is 13.1 Å². The van der Waals surface area contributed by atoms with Crippen molar-refractivity contribution in [3.63, 3.8) is 0 Å². The van der Waals surface area contributed by atoms with Gasteiger partial charge >= 0.3 is 0 Å². The van der Waals surface area contributed by atoms with Crippen LogP contribution >= 0.6 is 0 Å². The zero-order chi connectivity index (χ0) is 17.2. The number of amides is 1. The van der Waals surface area contributed by atoms with E-state index >= 15 is 0 Å². The summed E-state index contributed by atoms with van der Waals surface area (Å²) in [7, 11) is -3.52. The van der Waals surface area contributed by atoms with E-state index in [9.17, 15) is 13.2 Å². The molecule has 0 spiro atoms. The number of carbonyl (C=O) groups is 1. The Bertz CT molecular complexity index is 651. The van der Waals surface area contributed by atoms with E-state index < -0.39 is 10.0 Å². The van der Waals surface area contributed by atoms with E-state index in [2.05, 4.69) is 22.2 Å². The molecule has 2 aliphatic rings. The van der Waals surface area contributed by atoms with Gasteiger partial charge in [-0.2, -0.15) is 4.31 Å². The molecule has 2 N–H and O–H groups in total. The highest BCUT2D eigenvalue weighted by atomic mass is 32.2. The summed E-state index contributed by atoms with van der Waals surface area (Å²) in [6.07, 6.45) is 8.47. The summed E-state index contributed by atoms with van der Waals surface area (Å²) in [6, 6.07) is 0.276. The van der Waals surface area contributed by atoms with Crippen LogP contribution in [-0.4, -0.2) is 47.7 Å². The van der Waals surface area contributed by atoms with Gasteiger partial charge in [0.25, 0.3) is 10.0 Å². The number of hydrogen-bond donors (Lipinski definition) is 2. The minimum absolute atomic E-state index is 0.0901. The summed E-state index contributed by atoms with van der Waals surface area (Å²) in [5.74, 6) is 0.531. The largest absolute Gasteiger partial charge is 0.353 e. The fraction of sp³-hybridized carbons (Fsp3) is 0.750. The highest BCUT2D eigenvalue weighted by Crippen LogP contribution is 2.26. The first-order valence-corrected chi connectivity index (χ1v) is 10.2. The van der Waals surface area contributed by atoms with E-state index in [4.69, 9.17) is 0 Å². The lowest BCUT2D eigenvalue weighted by Crippen LogP contribution is -2.47. The van der Waals surface area contributed by atoms with Crippen molar-refractivity contribution < 1.29 is 13.2 Å². The van der Waals surface area contributed by atoms with Crippen molar-refractivity contribution in [1.82, 2.24) is 19.6 Å². The van der Waals surface area contributed by atoms with E-state index in [1.165, 1.54) is 36.1 Å². The van der Waals surface area contributed by atoms with Crippen LogP contribution in [0, 0.1) is 11.8 Å². The van der Waals surface area contributed by atoms with E-state index in [1.807, 2.05) is 0 Å². The van der Waals surface area contributed by atoms with Crippen LogP contribution in [0.4, 0.5) is 0 Å². The van der Waals surface area contributed by atoms with Crippen molar-refractivity contribution in [2.24, 2.45) is 11.8 Å². The number of aromatic amines is 1. The minimum atomic E-state index is -3.52. The topological polar surface area (TPSA) is 95.2 Å². The molecule has 0 bridgehead atoms. The average molecular weight is 354 g/mol. The first-order valence-electron chi connectivity index (χ1n) is 8.77. The molecular weight excluding hydrogens is 328 g/mol. The van der Waals surface area contributed by atoms with Crippen LogP contribution in [0.15, 0.2) is 17.6 Å². The van der Waals surface area contributed by atoms with Gasteiger partial charge in [0.05, 0.1) is 12.5 Å². The van der Waals surface area contributed by atoms with Gasteiger partial charge in [0.1, 0.15) is 0 Å². The smallest absolute Gasteiger partial charge is 0.260 e. The highest BCUT2D eigenvalue weighted by Gasteiger charge is 2.34. The fourth-order valence-corrected chi connectivity index (χ4v) is 5.08. The molecule has 24 heavy (non-hydrogen) atoms. The number of rotatable bonds is 4. The molecular formula is C16H26N4O3S. The molecule has 1 aromatic rings. The monoisotopic (exact) mass is 354 g/mol. The van der Waals surface area contributed by atoms with Gasteiger partial charge in [-0.25, -0.2) is 13.4 Å². The summed E-state index contributed by atoms with van der Waals surface area (Å²) in [6.45, 7) is 2.95. The molecule has 7 nitrogen and oxygen atoms in total. The molecule has 1 saturated carbocycles. The second-order valence-electron chi connectivity index (χ2n) is 6.97. The number of piperidine rings is 1. The van der Waals surface area contributed by atoms with Crippen LogP contribution in [0.1, 0.15) is 45.4 Å². The number of aromatic nitrogens is 2. The lowest BCUT2D eigenvalue weighted by atomic mass is 9.85. The number of carbonyl (C=O) groups excluding carboxylic acids is 1. The third-order valence-electron chi connectivity index (χ3n) is 5.35. The SMILES string of the molecule is CC1CCCCC1NC(=O)C1CCN(S(=O)(=O)c2cnc[nH]2)CC1. The molecule has 1 aliphatic carbocycles. The summed E-state index contributed by atoms with van der Waals surface area (Å²) in [4.78, 5) is 18.9. The first-order chi connectivity index (χ1) is 11.5. The van der Waals surface area contributed by atoms with Crippen LogP contribution in [0.25, 0.3) is 0 Å². The van der Waals surface area contributed by atoms with Crippen LogP contribution in [0.5, 0.6) is 0 Å². The Labute approximate surface area is 143 Å². The molecule has 3 rings (SSSR count). The Hall–Kier alpha value is -1.41. The third-order valence-corrected chi connectivity index (χ3v) is 7.18. The Morgan fingerprint density at radius 3 is 2.58 bits per heavy atom. The molecule has 134 valence electrons. The molecule has 1 aliphatic heterocycles.